The Morgan fingerprint density at radius 1 is 0.339 bits per heavy atom. The standard InChI is InChI=1S/C56H98O6/c1-4-7-10-13-16-18-19-20-21-22-23-24-25-26-27-28-29-30-31-32-33-34-35-36-37-38-41-43-46-49-55(58)61-52-53(51-60-54(57)48-45-42-39-15-12-9-6-3)62-56(59)50-47-44-40-17-14-11-8-5-2/h7,10,16,18,20-21,23-24,26-27,53H,4-6,8-9,11-15,17,19,22,25,28-52H2,1-3H3/b10-7-,18-16-,21-20-,24-23-,27-26-. The number of esters is 3. The number of ether oxygens (including phenoxy) is 3. The first-order valence-corrected chi connectivity index (χ1v) is 26.3. The largest absolute Gasteiger partial charge is 0.462 e. The van der Waals surface area contributed by atoms with Gasteiger partial charge in [0.2, 0.25) is 0 Å². The number of rotatable bonds is 47. The van der Waals surface area contributed by atoms with Crippen LogP contribution in [0, 0.1) is 0 Å². The van der Waals surface area contributed by atoms with Crippen LogP contribution in [0.5, 0.6) is 0 Å². The van der Waals surface area contributed by atoms with Gasteiger partial charge in [-0.3, -0.25) is 14.4 Å². The van der Waals surface area contributed by atoms with Crippen molar-refractivity contribution in [3.8, 4) is 0 Å². The third kappa shape index (κ3) is 48.1. The van der Waals surface area contributed by atoms with Gasteiger partial charge in [0.15, 0.2) is 6.10 Å². The van der Waals surface area contributed by atoms with Crippen LogP contribution in [0.3, 0.4) is 0 Å². The fourth-order valence-electron chi connectivity index (χ4n) is 7.35. The van der Waals surface area contributed by atoms with Crippen LogP contribution in [0.1, 0.15) is 258 Å². The van der Waals surface area contributed by atoms with E-state index in [0.29, 0.717) is 19.3 Å². The second-order valence-corrected chi connectivity index (χ2v) is 17.4. The molecule has 0 aliphatic carbocycles. The number of unbranched alkanes of at least 4 members (excludes halogenated alkanes) is 26. The van der Waals surface area contributed by atoms with Crippen molar-refractivity contribution in [2.75, 3.05) is 13.2 Å². The SMILES string of the molecule is CC/C=C\C/C=C\C/C=C\C/C=C\C/C=C\CCCCCCCCCCCCCCCC(=O)OCC(COC(=O)CCCCCCCCC)OC(=O)CCCCCCCCCC. The maximum absolute atomic E-state index is 12.6. The molecular weight excluding hydrogens is 769 g/mol. The molecule has 0 N–H and O–H groups in total. The van der Waals surface area contributed by atoms with Crippen LogP contribution < -0.4 is 0 Å². The van der Waals surface area contributed by atoms with Crippen LogP contribution in [0.2, 0.25) is 0 Å². The Morgan fingerprint density at radius 3 is 0.984 bits per heavy atom. The molecule has 62 heavy (non-hydrogen) atoms. The first-order valence-electron chi connectivity index (χ1n) is 26.3. The number of allylic oxidation sites excluding steroid dienone is 10. The van der Waals surface area contributed by atoms with E-state index in [9.17, 15) is 14.4 Å². The van der Waals surface area contributed by atoms with Crippen molar-refractivity contribution >= 4 is 17.9 Å². The van der Waals surface area contributed by atoms with Gasteiger partial charge in [0.1, 0.15) is 13.2 Å². The number of hydrogen-bond donors (Lipinski definition) is 0. The summed E-state index contributed by atoms with van der Waals surface area (Å²) in [5.41, 5.74) is 0. The molecule has 6 nitrogen and oxygen atoms in total. The molecule has 0 rings (SSSR count). The average Bonchev–Trinajstić information content (AvgIpc) is 3.27. The summed E-state index contributed by atoms with van der Waals surface area (Å²) < 4.78 is 16.7. The number of hydrogen-bond acceptors (Lipinski definition) is 6. The predicted molar refractivity (Wildman–Crippen MR) is 265 cm³/mol. The summed E-state index contributed by atoms with van der Waals surface area (Å²) in [5, 5.41) is 0. The second kappa shape index (κ2) is 50.8. The van der Waals surface area contributed by atoms with Crippen molar-refractivity contribution in [2.24, 2.45) is 0 Å². The van der Waals surface area contributed by atoms with Crippen LogP contribution in [-0.4, -0.2) is 37.2 Å². The summed E-state index contributed by atoms with van der Waals surface area (Å²) in [4.78, 5) is 37.6. The minimum absolute atomic E-state index is 0.0712. The highest BCUT2D eigenvalue weighted by molar-refractivity contribution is 5.71. The molecule has 1 atom stereocenters. The molecular formula is C56H98O6. The van der Waals surface area contributed by atoms with Crippen molar-refractivity contribution in [2.45, 2.75) is 264 Å². The van der Waals surface area contributed by atoms with Crippen LogP contribution >= 0.6 is 0 Å². The van der Waals surface area contributed by atoms with Crippen molar-refractivity contribution < 1.29 is 28.6 Å². The molecule has 6 heteroatoms. The smallest absolute Gasteiger partial charge is 0.306 e. The summed E-state index contributed by atoms with van der Waals surface area (Å²) >= 11 is 0. The molecule has 0 saturated carbocycles. The van der Waals surface area contributed by atoms with Gasteiger partial charge >= 0.3 is 17.9 Å². The van der Waals surface area contributed by atoms with Gasteiger partial charge in [0.05, 0.1) is 0 Å². The van der Waals surface area contributed by atoms with Gasteiger partial charge in [-0.1, -0.05) is 236 Å². The topological polar surface area (TPSA) is 78.9 Å². The van der Waals surface area contributed by atoms with Crippen LogP contribution in [-0.2, 0) is 28.6 Å². The molecule has 0 radical (unpaired) electrons. The van der Waals surface area contributed by atoms with Crippen LogP contribution in [0.25, 0.3) is 0 Å². The minimum atomic E-state index is -0.765. The van der Waals surface area contributed by atoms with Gasteiger partial charge in [-0.15, -0.1) is 0 Å². The van der Waals surface area contributed by atoms with Gasteiger partial charge in [-0.2, -0.15) is 0 Å². The molecule has 0 aromatic rings. The lowest BCUT2D eigenvalue weighted by Crippen LogP contribution is -2.30. The predicted octanol–water partition coefficient (Wildman–Crippen LogP) is 17.3. The first-order chi connectivity index (χ1) is 30.5. The van der Waals surface area contributed by atoms with Gasteiger partial charge < -0.3 is 14.2 Å². The van der Waals surface area contributed by atoms with E-state index in [1.165, 1.54) is 128 Å². The number of carbonyl (C=O) groups is 3. The molecule has 0 aliphatic heterocycles. The zero-order chi connectivity index (χ0) is 45.1. The van der Waals surface area contributed by atoms with E-state index in [2.05, 4.69) is 81.5 Å². The molecule has 1 unspecified atom stereocenters. The zero-order valence-corrected chi connectivity index (χ0v) is 40.9. The molecule has 0 saturated heterocycles. The van der Waals surface area contributed by atoms with Crippen molar-refractivity contribution in [3.63, 3.8) is 0 Å². The van der Waals surface area contributed by atoms with E-state index in [4.69, 9.17) is 14.2 Å². The molecule has 0 aromatic heterocycles. The van der Waals surface area contributed by atoms with Gasteiger partial charge in [0.25, 0.3) is 0 Å². The van der Waals surface area contributed by atoms with E-state index < -0.39 is 6.10 Å². The molecule has 0 amide bonds. The van der Waals surface area contributed by atoms with E-state index in [0.717, 1.165) is 89.9 Å². The maximum atomic E-state index is 12.6. The Balaban J connectivity index is 3.98. The lowest BCUT2D eigenvalue weighted by atomic mass is 10.0. The molecule has 0 aliphatic rings. The monoisotopic (exact) mass is 867 g/mol. The summed E-state index contributed by atoms with van der Waals surface area (Å²) in [6.45, 7) is 6.45. The highest BCUT2D eigenvalue weighted by Gasteiger charge is 2.19. The summed E-state index contributed by atoms with van der Waals surface area (Å²) in [6, 6.07) is 0. The highest BCUT2D eigenvalue weighted by atomic mass is 16.6. The lowest BCUT2D eigenvalue weighted by Gasteiger charge is -2.18. The Labute approximate surface area is 383 Å². The maximum Gasteiger partial charge on any atom is 0.306 e. The van der Waals surface area contributed by atoms with Crippen molar-refractivity contribution in [3.05, 3.63) is 60.8 Å². The van der Waals surface area contributed by atoms with Gasteiger partial charge in [-0.05, 0) is 64.2 Å². The molecule has 358 valence electrons. The van der Waals surface area contributed by atoms with Crippen LogP contribution in [0.15, 0.2) is 60.8 Å². The number of carbonyl (C=O) groups excluding carboxylic acids is 3. The molecule has 0 fully saturated rings. The molecule has 0 bridgehead atoms. The van der Waals surface area contributed by atoms with E-state index in [1.807, 2.05) is 0 Å². The van der Waals surface area contributed by atoms with Crippen molar-refractivity contribution in [1.82, 2.24) is 0 Å². The summed E-state index contributed by atoms with van der Waals surface area (Å²) in [5.74, 6) is -0.880. The van der Waals surface area contributed by atoms with E-state index in [1.54, 1.807) is 0 Å². The fraction of sp³-hybridized carbons (Fsp3) is 0.768. The highest BCUT2D eigenvalue weighted by Crippen LogP contribution is 2.15. The van der Waals surface area contributed by atoms with Gasteiger partial charge in [-0.25, -0.2) is 0 Å². The molecule has 0 heterocycles. The zero-order valence-electron chi connectivity index (χ0n) is 40.9. The minimum Gasteiger partial charge on any atom is -0.462 e. The third-order valence-corrected chi connectivity index (χ3v) is 11.3. The quantitative estimate of drug-likeness (QED) is 0.0262. The first kappa shape index (κ1) is 59.1. The van der Waals surface area contributed by atoms with E-state index >= 15 is 0 Å². The summed E-state index contributed by atoms with van der Waals surface area (Å²) in [7, 11) is 0. The molecule has 0 spiro atoms. The third-order valence-electron chi connectivity index (χ3n) is 11.3. The normalized spacial score (nSPS) is 12.5. The Morgan fingerprint density at radius 2 is 0.629 bits per heavy atom. The average molecular weight is 867 g/mol. The lowest BCUT2D eigenvalue weighted by molar-refractivity contribution is -0.167. The van der Waals surface area contributed by atoms with Crippen molar-refractivity contribution in [1.29, 1.82) is 0 Å². The Kier molecular flexibility index (Phi) is 48.4. The second-order valence-electron chi connectivity index (χ2n) is 17.4. The van der Waals surface area contributed by atoms with Gasteiger partial charge in [0, 0.05) is 19.3 Å². The Bertz CT molecular complexity index is 1130. The summed E-state index contributed by atoms with van der Waals surface area (Å²) in [6.07, 6.45) is 62.5. The fourth-order valence-corrected chi connectivity index (χ4v) is 7.35. The van der Waals surface area contributed by atoms with E-state index in [-0.39, 0.29) is 31.1 Å². The Hall–Kier alpha value is -2.89. The van der Waals surface area contributed by atoms with Crippen LogP contribution in [0.4, 0.5) is 0 Å². The molecule has 0 aromatic carbocycles.